The maximum atomic E-state index is 6.99. The lowest BCUT2D eigenvalue weighted by Gasteiger charge is -2.43. The zero-order valence-electron chi connectivity index (χ0n) is 29.7. The third kappa shape index (κ3) is 9.00. The molecule has 6 aromatic rings. The zero-order chi connectivity index (χ0) is 37.7. The van der Waals surface area contributed by atoms with Crippen LogP contribution in [0.2, 0.25) is 0 Å². The number of anilines is 3. The van der Waals surface area contributed by atoms with Crippen molar-refractivity contribution in [2.24, 2.45) is 4.52 Å². The van der Waals surface area contributed by atoms with Crippen LogP contribution < -0.4 is 45.0 Å². The molecule has 15 heteroatoms. The highest BCUT2D eigenvalue weighted by atomic mass is 31.3. The highest BCUT2D eigenvalue weighted by molar-refractivity contribution is 7.78. The summed E-state index contributed by atoms with van der Waals surface area (Å²) in [6, 6.07) is 43.8. The van der Waals surface area contributed by atoms with Gasteiger partial charge in [-0.05, 0) is 130 Å². The van der Waals surface area contributed by atoms with Gasteiger partial charge in [-0.1, -0.05) is 53.1 Å². The second-order valence-electron chi connectivity index (χ2n) is 12.3. The molecule has 0 bridgehead atoms. The lowest BCUT2D eigenvalue weighted by atomic mass is 10.2. The molecular weight excluding hydrogens is 741 g/mol. The van der Waals surface area contributed by atoms with Crippen molar-refractivity contribution < 1.29 is 27.8 Å². The number of aryl methyl sites for hydroxylation is 3. The van der Waals surface area contributed by atoms with E-state index in [1.54, 1.807) is 77.4 Å². The van der Waals surface area contributed by atoms with Crippen LogP contribution in [-0.2, 0) is 0 Å². The Balaban J connectivity index is 1.48. The predicted octanol–water partition coefficient (Wildman–Crippen LogP) is 11.0. The van der Waals surface area contributed by atoms with E-state index in [4.69, 9.17) is 49.5 Å². The molecule has 2 unspecified atom stereocenters. The third-order valence-electron chi connectivity index (χ3n) is 7.74. The van der Waals surface area contributed by atoms with Crippen LogP contribution in [0, 0.1) is 20.8 Å². The molecule has 0 fully saturated rings. The summed E-state index contributed by atoms with van der Waals surface area (Å²) < 4.78 is 36.0. The maximum absolute atomic E-state index is 6.99. The van der Waals surface area contributed by atoms with E-state index in [2.05, 4.69) is 0 Å². The van der Waals surface area contributed by atoms with Gasteiger partial charge in [0.05, 0.1) is 0 Å². The Hall–Kier alpha value is -5.47. The molecule has 12 nitrogen and oxygen atoms in total. The van der Waals surface area contributed by atoms with Crippen molar-refractivity contribution in [2.45, 2.75) is 20.8 Å². The molecule has 0 aliphatic carbocycles. The molecule has 1 aliphatic heterocycles. The quantitative estimate of drug-likeness (QED) is 0.0803. The average Bonchev–Trinajstić information content (AvgIpc) is 3.16. The monoisotopic (exact) mass is 780 g/mol. The molecule has 0 saturated carbocycles. The highest BCUT2D eigenvalue weighted by Gasteiger charge is 2.58. The molecule has 1 aliphatic rings. The first-order valence-electron chi connectivity index (χ1n) is 16.8. The van der Waals surface area contributed by atoms with Crippen molar-refractivity contribution in [3.05, 3.63) is 162 Å². The molecular formula is C39H39N6O6P3. The molecule has 54 heavy (non-hydrogen) atoms. The number of nitrogens with zero attached hydrogens (tertiary/aromatic N) is 3. The maximum Gasteiger partial charge on any atom is 0.447 e. The minimum Gasteiger partial charge on any atom is -0.440 e. The summed E-state index contributed by atoms with van der Waals surface area (Å²) in [5.41, 5.74) is 23.1. The molecule has 0 radical (unpaired) electrons. The van der Waals surface area contributed by atoms with Gasteiger partial charge in [0.15, 0.2) is 0 Å². The van der Waals surface area contributed by atoms with E-state index in [-0.39, 0.29) is 0 Å². The summed E-state index contributed by atoms with van der Waals surface area (Å²) in [6.07, 6.45) is 0. The summed E-state index contributed by atoms with van der Waals surface area (Å²) in [6.45, 7) is 6.00. The fourth-order valence-electron chi connectivity index (χ4n) is 4.83. The van der Waals surface area contributed by atoms with E-state index in [0.717, 1.165) is 16.7 Å². The van der Waals surface area contributed by atoms with Crippen LogP contribution in [0.1, 0.15) is 16.7 Å². The van der Waals surface area contributed by atoms with Crippen molar-refractivity contribution in [2.75, 3.05) is 17.2 Å². The van der Waals surface area contributed by atoms with Crippen LogP contribution in [0.4, 0.5) is 17.1 Å². The van der Waals surface area contributed by atoms with Gasteiger partial charge >= 0.3 is 24.6 Å². The zero-order valence-corrected chi connectivity index (χ0v) is 32.4. The number of hydrogen-bond acceptors (Lipinski definition) is 12. The van der Waals surface area contributed by atoms with Crippen LogP contribution in [0.25, 0.3) is 0 Å². The fourth-order valence-corrected chi connectivity index (χ4v) is 12.3. The summed E-state index contributed by atoms with van der Waals surface area (Å²) in [5.74, 6) is 2.84. The van der Waals surface area contributed by atoms with Crippen molar-refractivity contribution in [3.63, 3.8) is 0 Å². The highest BCUT2D eigenvalue weighted by Crippen LogP contribution is 2.77. The number of rotatable bonds is 12. The second-order valence-corrected chi connectivity index (χ2v) is 17.8. The average molecular weight is 781 g/mol. The lowest BCUT2D eigenvalue weighted by molar-refractivity contribution is 0.0545. The number of benzene rings is 6. The van der Waals surface area contributed by atoms with Gasteiger partial charge in [-0.15, -0.1) is 4.52 Å². The van der Waals surface area contributed by atoms with Crippen LogP contribution in [0.5, 0.6) is 34.5 Å². The van der Waals surface area contributed by atoms with Gasteiger partial charge in [-0.25, -0.2) is 0 Å². The molecule has 2 atom stereocenters. The van der Waals surface area contributed by atoms with Gasteiger partial charge in [0, 0.05) is 26.3 Å². The first-order chi connectivity index (χ1) is 26.1. The van der Waals surface area contributed by atoms with E-state index >= 15 is 0 Å². The van der Waals surface area contributed by atoms with Crippen LogP contribution in [-0.4, -0.2) is 9.21 Å². The SMILES string of the molecule is Cc1ccc(ON2P(Oc3ccc(N)cc3)N(Oc3ccc(N)cc3)P(Oc3ccc(N)cc3)N=P2(Oc2ccc(C)cc2)Oc2ccc(C)cc2)cc1. The molecule has 0 aromatic heterocycles. The van der Waals surface area contributed by atoms with Gasteiger partial charge in [-0.2, -0.15) is 0 Å². The topological polar surface area (TPSA) is 152 Å². The summed E-state index contributed by atoms with van der Waals surface area (Å²) in [4.78, 5) is 13.5. The van der Waals surface area contributed by atoms with Crippen molar-refractivity contribution in [1.82, 2.24) is 9.21 Å². The Bertz CT molecular complexity index is 2160. The summed E-state index contributed by atoms with van der Waals surface area (Å²) in [5, 5.41) is 0. The number of nitrogens with two attached hydrogens (primary N) is 3. The van der Waals surface area contributed by atoms with Crippen molar-refractivity contribution >= 4 is 41.6 Å². The van der Waals surface area contributed by atoms with E-state index in [1.165, 1.54) is 4.60 Å². The third-order valence-corrected chi connectivity index (χ3v) is 14.6. The van der Waals surface area contributed by atoms with E-state index in [0.29, 0.717) is 51.6 Å². The molecule has 276 valence electrons. The number of hydrogen-bond donors (Lipinski definition) is 3. The fraction of sp³-hybridized carbons (Fsp3) is 0.0769. The Labute approximate surface area is 317 Å². The van der Waals surface area contributed by atoms with E-state index < -0.39 is 24.6 Å². The van der Waals surface area contributed by atoms with Gasteiger partial charge in [0.25, 0.3) is 0 Å². The predicted molar refractivity (Wildman–Crippen MR) is 217 cm³/mol. The molecule has 1 heterocycles. The van der Waals surface area contributed by atoms with E-state index in [9.17, 15) is 0 Å². The Morgan fingerprint density at radius 2 is 0.796 bits per heavy atom. The van der Waals surface area contributed by atoms with Crippen LogP contribution in [0.3, 0.4) is 0 Å². The standard InChI is InChI=1S/C39H39N6O6P3/c1-28-4-16-35(17-5-28)47-45-53(49-37-26-14-33(42)15-27-37)44(46-34-22-10-31(40)11-23-34)52(48-36-24-12-32(41)13-25-36)43-54(45,50-38-18-6-29(2)7-19-38)51-39-20-8-30(3)9-21-39/h4-27H,40-42H2,1-3H3. The van der Waals surface area contributed by atoms with Gasteiger partial charge in [-0.3, -0.25) is 0 Å². The number of nitrogen functional groups attached to an aromatic ring is 3. The van der Waals surface area contributed by atoms with Crippen molar-refractivity contribution in [3.8, 4) is 34.5 Å². The Morgan fingerprint density at radius 3 is 1.24 bits per heavy atom. The minimum absolute atomic E-state index is 0.446. The molecule has 7 rings (SSSR count). The molecule has 0 saturated heterocycles. The second kappa shape index (κ2) is 16.3. The lowest BCUT2D eigenvalue weighted by Crippen LogP contribution is -2.37. The Morgan fingerprint density at radius 1 is 0.444 bits per heavy atom. The molecule has 6 N–H and O–H groups in total. The normalized spacial score (nSPS) is 16.8. The summed E-state index contributed by atoms with van der Waals surface area (Å²) >= 11 is 0. The minimum atomic E-state index is -3.85. The molecule has 6 aromatic carbocycles. The van der Waals surface area contributed by atoms with Gasteiger partial charge in [0.2, 0.25) is 0 Å². The van der Waals surface area contributed by atoms with Crippen LogP contribution >= 0.6 is 24.6 Å². The smallest absolute Gasteiger partial charge is 0.440 e. The first kappa shape index (κ1) is 36.9. The van der Waals surface area contributed by atoms with Crippen molar-refractivity contribution in [1.29, 1.82) is 0 Å². The Kier molecular flexibility index (Phi) is 11.1. The molecule has 0 amide bonds. The van der Waals surface area contributed by atoms with Gasteiger partial charge < -0.3 is 45.0 Å². The first-order valence-corrected chi connectivity index (χ1v) is 20.7. The molecule has 0 spiro atoms. The van der Waals surface area contributed by atoms with E-state index in [1.807, 2.05) is 93.6 Å². The summed E-state index contributed by atoms with van der Waals surface area (Å²) in [7, 11) is -8.27. The van der Waals surface area contributed by atoms with Gasteiger partial charge in [0.1, 0.15) is 34.5 Å². The largest absolute Gasteiger partial charge is 0.447 e. The van der Waals surface area contributed by atoms with Crippen LogP contribution in [0.15, 0.2) is 150 Å².